The van der Waals surface area contributed by atoms with E-state index < -0.39 is 0 Å². The van der Waals surface area contributed by atoms with E-state index in [1.165, 1.54) is 6.33 Å². The number of amides is 1. The number of ether oxygens (including phenoxy) is 1. The summed E-state index contributed by atoms with van der Waals surface area (Å²) in [4.78, 5) is 33.2. The summed E-state index contributed by atoms with van der Waals surface area (Å²) < 4.78 is 5.45. The highest BCUT2D eigenvalue weighted by Crippen LogP contribution is 2.27. The highest BCUT2D eigenvalue weighted by Gasteiger charge is 2.18. The summed E-state index contributed by atoms with van der Waals surface area (Å²) >= 11 is 0. The average molecular weight is 498 g/mol. The summed E-state index contributed by atoms with van der Waals surface area (Å²) in [5.74, 6) is 0.995. The van der Waals surface area contributed by atoms with Gasteiger partial charge in [-0.25, -0.2) is 19.9 Å². The summed E-state index contributed by atoms with van der Waals surface area (Å²) in [6, 6.07) is 13.5. The summed E-state index contributed by atoms with van der Waals surface area (Å²) in [5, 5.41) is 6.39. The Morgan fingerprint density at radius 3 is 2.62 bits per heavy atom. The van der Waals surface area contributed by atoms with Crippen molar-refractivity contribution >= 4 is 40.1 Å². The number of rotatable bonds is 5. The molecular weight excluding hydrogens is 466 g/mol. The second-order valence-corrected chi connectivity index (χ2v) is 10.2. The van der Waals surface area contributed by atoms with E-state index in [1.54, 1.807) is 6.20 Å². The van der Waals surface area contributed by atoms with Gasteiger partial charge in [0.05, 0.1) is 19.4 Å². The number of carbonyl (C=O) groups excluding carboxylic acids is 1. The predicted molar refractivity (Wildman–Crippen MR) is 146 cm³/mol. The molecule has 9 heteroatoms. The average Bonchev–Trinajstić information content (AvgIpc) is 2.90. The van der Waals surface area contributed by atoms with Crippen LogP contribution in [0.25, 0.3) is 11.0 Å². The Balaban J connectivity index is 1.41. The molecule has 0 spiro atoms. The lowest BCUT2D eigenvalue weighted by Gasteiger charge is -2.26. The van der Waals surface area contributed by atoms with Crippen molar-refractivity contribution in [2.24, 2.45) is 0 Å². The summed E-state index contributed by atoms with van der Waals surface area (Å²) in [7, 11) is 0. The Labute approximate surface area is 216 Å². The van der Waals surface area contributed by atoms with Crippen molar-refractivity contribution in [2.45, 2.75) is 33.1 Å². The van der Waals surface area contributed by atoms with E-state index in [0.29, 0.717) is 41.6 Å². The van der Waals surface area contributed by atoms with Crippen LogP contribution >= 0.6 is 0 Å². The van der Waals surface area contributed by atoms with Crippen LogP contribution in [0.4, 0.5) is 23.1 Å². The maximum absolute atomic E-state index is 13.1. The van der Waals surface area contributed by atoms with E-state index in [-0.39, 0.29) is 11.3 Å². The fraction of sp³-hybridized carbons (Fsp3) is 0.321. The molecular formula is C28H31N7O2. The first-order valence-electron chi connectivity index (χ1n) is 12.4. The Bertz CT molecular complexity index is 1440. The maximum atomic E-state index is 13.1. The zero-order chi connectivity index (χ0) is 26.0. The van der Waals surface area contributed by atoms with Crippen LogP contribution in [-0.4, -0.2) is 52.1 Å². The molecule has 2 aromatic carbocycles. The molecule has 2 aromatic heterocycles. The number of morpholine rings is 1. The first kappa shape index (κ1) is 24.6. The van der Waals surface area contributed by atoms with Crippen molar-refractivity contribution < 1.29 is 9.53 Å². The molecule has 9 nitrogen and oxygen atoms in total. The van der Waals surface area contributed by atoms with Gasteiger partial charge in [0.15, 0.2) is 5.82 Å². The van der Waals surface area contributed by atoms with Crippen molar-refractivity contribution in [1.29, 1.82) is 0 Å². The van der Waals surface area contributed by atoms with Crippen LogP contribution in [0.1, 0.15) is 42.3 Å². The Morgan fingerprint density at radius 1 is 1.03 bits per heavy atom. The fourth-order valence-corrected chi connectivity index (χ4v) is 4.14. The lowest BCUT2D eigenvalue weighted by Crippen LogP contribution is -2.37. The number of aromatic nitrogens is 4. The zero-order valence-electron chi connectivity index (χ0n) is 21.6. The third kappa shape index (κ3) is 5.51. The van der Waals surface area contributed by atoms with Gasteiger partial charge in [-0.3, -0.25) is 4.79 Å². The normalized spacial score (nSPS) is 14.0. The minimum absolute atomic E-state index is 0.00675. The number of anilines is 4. The molecule has 0 unspecified atom stereocenters. The van der Waals surface area contributed by atoms with Gasteiger partial charge in [-0.15, -0.1) is 0 Å². The van der Waals surface area contributed by atoms with Gasteiger partial charge in [-0.2, -0.15) is 0 Å². The van der Waals surface area contributed by atoms with Gasteiger partial charge in [0, 0.05) is 30.0 Å². The number of nitrogens with one attached hydrogen (secondary N) is 2. The molecule has 37 heavy (non-hydrogen) atoms. The number of nitrogens with zero attached hydrogens (tertiary/aromatic N) is 5. The van der Waals surface area contributed by atoms with Crippen LogP contribution in [-0.2, 0) is 10.2 Å². The van der Waals surface area contributed by atoms with E-state index in [4.69, 9.17) is 9.72 Å². The molecule has 3 heterocycles. The largest absolute Gasteiger partial charge is 0.378 e. The van der Waals surface area contributed by atoms with Gasteiger partial charge in [-0.1, -0.05) is 39.0 Å². The molecule has 1 aliphatic rings. The predicted octanol–water partition coefficient (Wildman–Crippen LogP) is 4.86. The fourth-order valence-electron chi connectivity index (χ4n) is 4.14. The first-order valence-corrected chi connectivity index (χ1v) is 12.4. The number of fused-ring (bicyclic) bond motifs is 1. The molecule has 2 N–H and O–H groups in total. The minimum Gasteiger partial charge on any atom is -0.378 e. The van der Waals surface area contributed by atoms with E-state index in [1.807, 2.05) is 43.3 Å². The van der Waals surface area contributed by atoms with Gasteiger partial charge in [0.2, 0.25) is 5.95 Å². The lowest BCUT2D eigenvalue weighted by atomic mass is 9.87. The van der Waals surface area contributed by atoms with Gasteiger partial charge in [0.25, 0.3) is 5.91 Å². The van der Waals surface area contributed by atoms with E-state index in [0.717, 1.165) is 35.6 Å². The highest BCUT2D eigenvalue weighted by atomic mass is 16.5. The van der Waals surface area contributed by atoms with Gasteiger partial charge >= 0.3 is 0 Å². The molecule has 0 bridgehead atoms. The molecule has 190 valence electrons. The van der Waals surface area contributed by atoms with Crippen LogP contribution in [0.15, 0.2) is 55.0 Å². The number of aryl methyl sites for hydroxylation is 1. The Morgan fingerprint density at radius 2 is 1.84 bits per heavy atom. The maximum Gasteiger partial charge on any atom is 0.255 e. The van der Waals surface area contributed by atoms with Crippen LogP contribution in [0, 0.1) is 6.92 Å². The minimum atomic E-state index is -0.182. The molecule has 1 saturated heterocycles. The Hall–Kier alpha value is -4.11. The van der Waals surface area contributed by atoms with Crippen LogP contribution in [0.2, 0.25) is 0 Å². The van der Waals surface area contributed by atoms with E-state index in [2.05, 4.69) is 57.3 Å². The SMILES string of the molecule is Cc1ccc(C(=O)Nc2cccc(C(C)(C)C)c2)cc1Nc1ncnc2cnc(N3CCOCC3)nc12. The molecule has 1 fully saturated rings. The number of hydrogen-bond acceptors (Lipinski definition) is 8. The summed E-state index contributed by atoms with van der Waals surface area (Å²) in [6.07, 6.45) is 3.19. The molecule has 1 amide bonds. The quantitative estimate of drug-likeness (QED) is 0.403. The molecule has 0 saturated carbocycles. The van der Waals surface area contributed by atoms with Crippen LogP contribution in [0.5, 0.6) is 0 Å². The second-order valence-electron chi connectivity index (χ2n) is 10.2. The van der Waals surface area contributed by atoms with Gasteiger partial charge < -0.3 is 20.3 Å². The third-order valence-corrected chi connectivity index (χ3v) is 6.40. The molecule has 5 rings (SSSR count). The molecule has 4 aromatic rings. The second kappa shape index (κ2) is 10.1. The van der Waals surface area contributed by atoms with Gasteiger partial charge in [-0.05, 0) is 47.7 Å². The van der Waals surface area contributed by atoms with Crippen LogP contribution < -0.4 is 15.5 Å². The first-order chi connectivity index (χ1) is 17.8. The summed E-state index contributed by atoms with van der Waals surface area (Å²) in [6.45, 7) is 11.2. The molecule has 1 aliphatic heterocycles. The van der Waals surface area contributed by atoms with Crippen molar-refractivity contribution in [2.75, 3.05) is 41.8 Å². The third-order valence-electron chi connectivity index (χ3n) is 6.40. The molecule has 0 radical (unpaired) electrons. The summed E-state index contributed by atoms with van der Waals surface area (Å²) in [5.41, 5.74) is 5.45. The topological polar surface area (TPSA) is 105 Å². The van der Waals surface area contributed by atoms with Crippen molar-refractivity contribution in [1.82, 2.24) is 19.9 Å². The zero-order valence-corrected chi connectivity index (χ0v) is 21.6. The number of benzene rings is 2. The number of carbonyl (C=O) groups is 1. The molecule has 0 atom stereocenters. The standard InChI is InChI=1S/C28H31N7O2/c1-18-8-9-19(26(36)32-21-7-5-6-20(15-21)28(2,3)4)14-22(18)33-25-24-23(30-17-31-25)16-29-27(34-24)35-10-12-37-13-11-35/h5-9,14-17H,10-13H2,1-4H3,(H,32,36)(H,30,31,33). The van der Waals surface area contributed by atoms with Gasteiger partial charge in [0.1, 0.15) is 17.4 Å². The highest BCUT2D eigenvalue weighted by molar-refractivity contribution is 6.05. The monoisotopic (exact) mass is 497 g/mol. The van der Waals surface area contributed by atoms with E-state index in [9.17, 15) is 4.79 Å². The smallest absolute Gasteiger partial charge is 0.255 e. The Kier molecular flexibility index (Phi) is 6.71. The van der Waals surface area contributed by atoms with Crippen LogP contribution in [0.3, 0.4) is 0 Å². The van der Waals surface area contributed by atoms with Crippen molar-refractivity contribution in [3.63, 3.8) is 0 Å². The van der Waals surface area contributed by atoms with E-state index >= 15 is 0 Å². The number of hydrogen-bond donors (Lipinski definition) is 2. The van der Waals surface area contributed by atoms with Crippen molar-refractivity contribution in [3.8, 4) is 0 Å². The lowest BCUT2D eigenvalue weighted by molar-refractivity contribution is 0.102. The van der Waals surface area contributed by atoms with Crippen molar-refractivity contribution in [3.05, 3.63) is 71.7 Å². The molecule has 0 aliphatic carbocycles.